The summed E-state index contributed by atoms with van der Waals surface area (Å²) < 4.78 is 5.58. The van der Waals surface area contributed by atoms with E-state index >= 15 is 0 Å². The molecular weight excluding hydrogens is 230 g/mol. The standard InChI is InChI=1S/C14H19NO3/c1-2-7-15-14(8-13(16)17)10-18-9-11-5-3-4-6-12(11)14/h3-6,15H,2,7-10H2,1H3,(H,16,17). The molecule has 98 valence electrons. The summed E-state index contributed by atoms with van der Waals surface area (Å²) >= 11 is 0. The van der Waals surface area contributed by atoms with E-state index in [1.165, 1.54) is 0 Å². The fourth-order valence-electron chi connectivity index (χ4n) is 2.50. The van der Waals surface area contributed by atoms with Gasteiger partial charge in [0.15, 0.2) is 0 Å². The predicted molar refractivity (Wildman–Crippen MR) is 68.3 cm³/mol. The highest BCUT2D eigenvalue weighted by Crippen LogP contribution is 2.33. The minimum absolute atomic E-state index is 0.0456. The molecule has 1 aromatic carbocycles. The number of fused-ring (bicyclic) bond motifs is 1. The molecule has 0 spiro atoms. The van der Waals surface area contributed by atoms with Gasteiger partial charge in [-0.15, -0.1) is 0 Å². The molecule has 1 unspecified atom stereocenters. The van der Waals surface area contributed by atoms with Crippen molar-refractivity contribution < 1.29 is 14.6 Å². The van der Waals surface area contributed by atoms with Crippen LogP contribution in [0, 0.1) is 0 Å². The van der Waals surface area contributed by atoms with Gasteiger partial charge in [-0.2, -0.15) is 0 Å². The summed E-state index contributed by atoms with van der Waals surface area (Å²) in [6, 6.07) is 7.91. The fraction of sp³-hybridized carbons (Fsp3) is 0.500. The van der Waals surface area contributed by atoms with Crippen molar-refractivity contribution in [1.29, 1.82) is 0 Å². The van der Waals surface area contributed by atoms with Gasteiger partial charge in [-0.3, -0.25) is 4.79 Å². The van der Waals surface area contributed by atoms with Crippen LogP contribution in [0.5, 0.6) is 0 Å². The smallest absolute Gasteiger partial charge is 0.305 e. The van der Waals surface area contributed by atoms with Crippen molar-refractivity contribution in [2.75, 3.05) is 13.2 Å². The number of ether oxygens (including phenoxy) is 1. The molecule has 1 heterocycles. The second-order valence-electron chi connectivity index (χ2n) is 4.73. The van der Waals surface area contributed by atoms with Crippen molar-refractivity contribution in [3.8, 4) is 0 Å². The highest BCUT2D eigenvalue weighted by atomic mass is 16.5. The van der Waals surface area contributed by atoms with Crippen LogP contribution in [0.25, 0.3) is 0 Å². The number of carboxylic acids is 1. The Hall–Kier alpha value is -1.39. The maximum atomic E-state index is 11.2. The Kier molecular flexibility index (Phi) is 3.99. The molecule has 18 heavy (non-hydrogen) atoms. The van der Waals surface area contributed by atoms with E-state index in [2.05, 4.69) is 12.2 Å². The lowest BCUT2D eigenvalue weighted by molar-refractivity contribution is -0.140. The molecule has 1 aliphatic heterocycles. The third-order valence-corrected chi connectivity index (χ3v) is 3.31. The van der Waals surface area contributed by atoms with Gasteiger partial charge in [-0.05, 0) is 24.1 Å². The summed E-state index contributed by atoms with van der Waals surface area (Å²) in [6.45, 7) is 3.82. The first-order valence-electron chi connectivity index (χ1n) is 6.31. The quantitative estimate of drug-likeness (QED) is 0.836. The SMILES string of the molecule is CCCNC1(CC(=O)O)COCc2ccccc21. The normalized spacial score (nSPS) is 22.5. The Morgan fingerprint density at radius 1 is 1.50 bits per heavy atom. The molecule has 0 aromatic heterocycles. The summed E-state index contributed by atoms with van der Waals surface area (Å²) in [6.07, 6.45) is 1.01. The molecule has 2 rings (SSSR count). The number of hydrogen-bond donors (Lipinski definition) is 2. The lowest BCUT2D eigenvalue weighted by Gasteiger charge is -2.38. The second-order valence-corrected chi connectivity index (χ2v) is 4.73. The third-order valence-electron chi connectivity index (χ3n) is 3.31. The van der Waals surface area contributed by atoms with Gasteiger partial charge in [0.1, 0.15) is 0 Å². The monoisotopic (exact) mass is 249 g/mol. The molecule has 0 aliphatic carbocycles. The number of hydrogen-bond acceptors (Lipinski definition) is 3. The Morgan fingerprint density at radius 2 is 2.28 bits per heavy atom. The molecule has 4 nitrogen and oxygen atoms in total. The first-order chi connectivity index (χ1) is 8.68. The summed E-state index contributed by atoms with van der Waals surface area (Å²) in [7, 11) is 0. The molecule has 1 aliphatic rings. The second kappa shape index (κ2) is 5.50. The molecule has 0 amide bonds. The van der Waals surface area contributed by atoms with E-state index < -0.39 is 11.5 Å². The van der Waals surface area contributed by atoms with Crippen molar-refractivity contribution >= 4 is 5.97 Å². The van der Waals surface area contributed by atoms with E-state index in [1.807, 2.05) is 24.3 Å². The minimum atomic E-state index is -0.807. The first-order valence-corrected chi connectivity index (χ1v) is 6.31. The van der Waals surface area contributed by atoms with Crippen LogP contribution in [0.1, 0.15) is 30.9 Å². The van der Waals surface area contributed by atoms with Crippen LogP contribution >= 0.6 is 0 Å². The highest BCUT2D eigenvalue weighted by molar-refractivity contribution is 5.69. The van der Waals surface area contributed by atoms with Gasteiger partial charge < -0.3 is 15.2 Å². The number of nitrogens with one attached hydrogen (secondary N) is 1. The van der Waals surface area contributed by atoms with E-state index in [0.717, 1.165) is 24.1 Å². The van der Waals surface area contributed by atoms with Crippen LogP contribution in [0.3, 0.4) is 0 Å². The zero-order chi connectivity index (χ0) is 13.0. The molecule has 4 heteroatoms. The molecule has 2 N–H and O–H groups in total. The highest BCUT2D eigenvalue weighted by Gasteiger charge is 2.38. The Morgan fingerprint density at radius 3 is 3.00 bits per heavy atom. The zero-order valence-electron chi connectivity index (χ0n) is 10.6. The minimum Gasteiger partial charge on any atom is -0.481 e. The topological polar surface area (TPSA) is 58.6 Å². The molecule has 0 bridgehead atoms. The summed E-state index contributed by atoms with van der Waals surface area (Å²) in [5.74, 6) is -0.807. The Bertz CT molecular complexity index is 433. The van der Waals surface area contributed by atoms with Crippen LogP contribution in [0.15, 0.2) is 24.3 Å². The molecule has 1 atom stereocenters. The van der Waals surface area contributed by atoms with E-state index in [1.54, 1.807) is 0 Å². The maximum absolute atomic E-state index is 11.2. The van der Waals surface area contributed by atoms with E-state index in [0.29, 0.717) is 13.2 Å². The van der Waals surface area contributed by atoms with Crippen molar-refractivity contribution in [3.63, 3.8) is 0 Å². The first kappa shape index (κ1) is 13.1. The summed E-state index contributed by atoms with van der Waals surface area (Å²) in [4.78, 5) is 11.2. The number of aliphatic carboxylic acids is 1. The Balaban J connectivity index is 2.37. The lowest BCUT2D eigenvalue weighted by Crippen LogP contribution is -2.50. The maximum Gasteiger partial charge on any atom is 0.305 e. The van der Waals surface area contributed by atoms with Crippen molar-refractivity contribution in [2.45, 2.75) is 31.9 Å². The fourth-order valence-corrected chi connectivity index (χ4v) is 2.50. The average molecular weight is 249 g/mol. The molecular formula is C14H19NO3. The molecule has 0 saturated heterocycles. The largest absolute Gasteiger partial charge is 0.481 e. The van der Waals surface area contributed by atoms with Gasteiger partial charge in [0.25, 0.3) is 0 Å². The lowest BCUT2D eigenvalue weighted by atomic mass is 9.82. The van der Waals surface area contributed by atoms with E-state index in [4.69, 9.17) is 9.84 Å². The van der Waals surface area contributed by atoms with E-state index in [-0.39, 0.29) is 6.42 Å². The zero-order valence-corrected chi connectivity index (χ0v) is 10.6. The van der Waals surface area contributed by atoms with Crippen molar-refractivity contribution in [1.82, 2.24) is 5.32 Å². The van der Waals surface area contributed by atoms with Gasteiger partial charge in [0.05, 0.1) is 25.2 Å². The van der Waals surface area contributed by atoms with Gasteiger partial charge in [0, 0.05) is 0 Å². The van der Waals surface area contributed by atoms with Gasteiger partial charge in [-0.25, -0.2) is 0 Å². The Labute approximate surface area is 107 Å². The van der Waals surface area contributed by atoms with Crippen molar-refractivity contribution in [2.24, 2.45) is 0 Å². The van der Waals surface area contributed by atoms with E-state index in [9.17, 15) is 4.79 Å². The summed E-state index contributed by atoms with van der Waals surface area (Å²) in [5.41, 5.74) is 1.55. The van der Waals surface area contributed by atoms with Crippen molar-refractivity contribution in [3.05, 3.63) is 35.4 Å². The average Bonchev–Trinajstić information content (AvgIpc) is 2.36. The number of carbonyl (C=O) groups is 1. The number of rotatable bonds is 5. The van der Waals surface area contributed by atoms with Crippen LogP contribution in [-0.2, 0) is 21.7 Å². The van der Waals surface area contributed by atoms with Gasteiger partial charge in [-0.1, -0.05) is 31.2 Å². The van der Waals surface area contributed by atoms with Gasteiger partial charge in [0.2, 0.25) is 0 Å². The van der Waals surface area contributed by atoms with Crippen LogP contribution in [-0.4, -0.2) is 24.2 Å². The van der Waals surface area contributed by atoms with Crippen LogP contribution < -0.4 is 5.32 Å². The number of carboxylic acid groups (broad SMARTS) is 1. The molecule has 0 saturated carbocycles. The predicted octanol–water partition coefficient (Wildman–Crippen LogP) is 1.89. The molecule has 0 fully saturated rings. The van der Waals surface area contributed by atoms with Crippen LogP contribution in [0.2, 0.25) is 0 Å². The van der Waals surface area contributed by atoms with Gasteiger partial charge >= 0.3 is 5.97 Å². The van der Waals surface area contributed by atoms with Crippen LogP contribution in [0.4, 0.5) is 0 Å². The number of benzene rings is 1. The summed E-state index contributed by atoms with van der Waals surface area (Å²) in [5, 5.41) is 12.5. The molecule has 1 aromatic rings. The third kappa shape index (κ3) is 2.54. The molecule has 0 radical (unpaired) electrons.